The molecule has 1 fully saturated rings. The molecule has 0 saturated carbocycles. The van der Waals surface area contributed by atoms with Crippen LogP contribution in [-0.4, -0.2) is 34.6 Å². The molecule has 4 amide bonds. The van der Waals surface area contributed by atoms with Gasteiger partial charge in [-0.05, 0) is 36.5 Å². The first-order valence-electron chi connectivity index (χ1n) is 11.0. The van der Waals surface area contributed by atoms with Crippen molar-refractivity contribution in [3.8, 4) is 0 Å². The first-order chi connectivity index (χ1) is 14.4. The molecule has 2 aliphatic rings. The maximum Gasteiger partial charge on any atom is 0.255 e. The molecule has 1 aromatic rings. The molecule has 2 aliphatic heterocycles. The second kappa shape index (κ2) is 9.87. The molecule has 2 heterocycles. The molecule has 1 aromatic carbocycles. The normalized spacial score (nSPS) is 19.6. The molecule has 1 saturated heterocycles. The number of nitrogens with two attached hydrogens (primary N) is 1. The van der Waals surface area contributed by atoms with Crippen molar-refractivity contribution in [1.82, 2.24) is 10.2 Å². The Labute approximate surface area is 177 Å². The van der Waals surface area contributed by atoms with Crippen LogP contribution in [0, 0.1) is 5.92 Å². The summed E-state index contributed by atoms with van der Waals surface area (Å²) in [7, 11) is 0. The number of nitrogens with one attached hydrogen (secondary N) is 1. The summed E-state index contributed by atoms with van der Waals surface area (Å²) in [5.74, 6) is -1.40. The Morgan fingerprint density at radius 1 is 1.20 bits per heavy atom. The summed E-state index contributed by atoms with van der Waals surface area (Å²) >= 11 is 0. The molecule has 7 nitrogen and oxygen atoms in total. The number of carbonyl (C=O) groups is 4. The van der Waals surface area contributed by atoms with Gasteiger partial charge in [0.15, 0.2) is 0 Å². The zero-order valence-corrected chi connectivity index (χ0v) is 17.6. The standard InChI is InChI=1S/C23H31N3O4/c1-2-3-4-5-6-7-16(21(24)28)12-15-8-9-18-17(13-15)14-26(23(18)30)19-10-11-20(27)25-22(19)29/h8-9,13,16,19H,2-7,10-12,14H2,1H3,(H2,24,28)(H,25,27,29). The van der Waals surface area contributed by atoms with Gasteiger partial charge in [0.1, 0.15) is 6.04 Å². The van der Waals surface area contributed by atoms with Gasteiger partial charge in [-0.15, -0.1) is 0 Å². The Bertz CT molecular complexity index is 836. The van der Waals surface area contributed by atoms with E-state index >= 15 is 0 Å². The smallest absolute Gasteiger partial charge is 0.255 e. The SMILES string of the molecule is CCCCCCCC(Cc1ccc2c(c1)CN(C1CCC(=O)NC1=O)C2=O)C(N)=O. The number of benzene rings is 1. The summed E-state index contributed by atoms with van der Waals surface area (Å²) < 4.78 is 0. The first-order valence-corrected chi connectivity index (χ1v) is 11.0. The minimum Gasteiger partial charge on any atom is -0.369 e. The number of nitrogens with zero attached hydrogens (tertiary/aromatic N) is 1. The second-order valence-corrected chi connectivity index (χ2v) is 8.40. The van der Waals surface area contributed by atoms with Gasteiger partial charge in [0.25, 0.3) is 5.91 Å². The maximum atomic E-state index is 12.8. The summed E-state index contributed by atoms with van der Waals surface area (Å²) in [6.07, 6.45) is 7.59. The first kappa shape index (κ1) is 22.0. The Morgan fingerprint density at radius 2 is 1.97 bits per heavy atom. The van der Waals surface area contributed by atoms with E-state index in [9.17, 15) is 19.2 Å². The molecule has 0 radical (unpaired) electrons. The maximum absolute atomic E-state index is 12.8. The van der Waals surface area contributed by atoms with Gasteiger partial charge in [0.05, 0.1) is 0 Å². The fourth-order valence-electron chi connectivity index (χ4n) is 4.38. The third-order valence-electron chi connectivity index (χ3n) is 6.13. The molecule has 162 valence electrons. The fourth-order valence-corrected chi connectivity index (χ4v) is 4.38. The van der Waals surface area contributed by atoms with E-state index in [-0.39, 0.29) is 30.1 Å². The number of hydrogen-bond acceptors (Lipinski definition) is 4. The Hall–Kier alpha value is -2.70. The second-order valence-electron chi connectivity index (χ2n) is 8.40. The lowest BCUT2D eigenvalue weighted by Gasteiger charge is -2.29. The predicted molar refractivity (Wildman–Crippen MR) is 112 cm³/mol. The van der Waals surface area contributed by atoms with Crippen LogP contribution in [0.1, 0.15) is 79.8 Å². The topological polar surface area (TPSA) is 110 Å². The lowest BCUT2D eigenvalue weighted by atomic mass is 9.91. The molecule has 3 rings (SSSR count). The molecule has 0 aliphatic carbocycles. The molecule has 0 aromatic heterocycles. The minimum absolute atomic E-state index is 0.187. The summed E-state index contributed by atoms with van der Waals surface area (Å²) in [6.45, 7) is 2.51. The van der Waals surface area contributed by atoms with Gasteiger partial charge in [-0.25, -0.2) is 0 Å². The third-order valence-corrected chi connectivity index (χ3v) is 6.13. The van der Waals surface area contributed by atoms with Crippen molar-refractivity contribution in [3.63, 3.8) is 0 Å². The molecule has 0 bridgehead atoms. The largest absolute Gasteiger partial charge is 0.369 e. The van der Waals surface area contributed by atoms with Gasteiger partial charge in [-0.2, -0.15) is 0 Å². The summed E-state index contributed by atoms with van der Waals surface area (Å²) in [5.41, 5.74) is 8.05. The van der Waals surface area contributed by atoms with Crippen molar-refractivity contribution >= 4 is 23.6 Å². The summed E-state index contributed by atoms with van der Waals surface area (Å²) in [5, 5.41) is 2.31. The van der Waals surface area contributed by atoms with Crippen molar-refractivity contribution in [2.45, 2.75) is 77.3 Å². The highest BCUT2D eigenvalue weighted by atomic mass is 16.2. The Balaban J connectivity index is 1.64. The predicted octanol–water partition coefficient (Wildman–Crippen LogP) is 2.45. The highest BCUT2D eigenvalue weighted by Gasteiger charge is 2.39. The van der Waals surface area contributed by atoms with E-state index in [4.69, 9.17) is 5.73 Å². The minimum atomic E-state index is -0.618. The van der Waals surface area contributed by atoms with Gasteiger partial charge >= 0.3 is 0 Å². The molecule has 30 heavy (non-hydrogen) atoms. The van der Waals surface area contributed by atoms with E-state index in [1.165, 1.54) is 24.2 Å². The van der Waals surface area contributed by atoms with Crippen LogP contribution in [-0.2, 0) is 27.3 Å². The lowest BCUT2D eigenvalue weighted by molar-refractivity contribution is -0.137. The van der Waals surface area contributed by atoms with Crippen LogP contribution in [0.4, 0.5) is 0 Å². The van der Waals surface area contributed by atoms with E-state index in [1.54, 1.807) is 6.07 Å². The Morgan fingerprint density at radius 3 is 2.67 bits per heavy atom. The summed E-state index contributed by atoms with van der Waals surface area (Å²) in [6, 6.07) is 4.98. The van der Waals surface area contributed by atoms with E-state index in [0.717, 1.165) is 30.4 Å². The van der Waals surface area contributed by atoms with Crippen LogP contribution in [0.25, 0.3) is 0 Å². The van der Waals surface area contributed by atoms with Crippen molar-refractivity contribution in [2.24, 2.45) is 11.7 Å². The molecule has 3 N–H and O–H groups in total. The number of amides is 4. The van der Waals surface area contributed by atoms with Gasteiger partial charge in [-0.1, -0.05) is 51.2 Å². The fraction of sp³-hybridized carbons (Fsp3) is 0.565. The average Bonchev–Trinajstić information content (AvgIpc) is 3.02. The van der Waals surface area contributed by atoms with Crippen LogP contribution in [0.3, 0.4) is 0 Å². The number of carbonyl (C=O) groups excluding carboxylic acids is 4. The van der Waals surface area contributed by atoms with E-state index < -0.39 is 11.9 Å². The number of unbranched alkanes of at least 4 members (excludes halogenated alkanes) is 4. The van der Waals surface area contributed by atoms with Crippen molar-refractivity contribution in [2.75, 3.05) is 0 Å². The molecule has 2 atom stereocenters. The van der Waals surface area contributed by atoms with Crippen LogP contribution >= 0.6 is 0 Å². The van der Waals surface area contributed by atoms with Gasteiger partial charge in [-0.3, -0.25) is 24.5 Å². The third kappa shape index (κ3) is 5.07. The van der Waals surface area contributed by atoms with Crippen molar-refractivity contribution < 1.29 is 19.2 Å². The number of rotatable bonds is 10. The number of primary amides is 1. The van der Waals surface area contributed by atoms with Crippen LogP contribution < -0.4 is 11.1 Å². The molecule has 7 heteroatoms. The van der Waals surface area contributed by atoms with Crippen LogP contribution in [0.2, 0.25) is 0 Å². The van der Waals surface area contributed by atoms with Crippen LogP contribution in [0.5, 0.6) is 0 Å². The number of imide groups is 1. The Kier molecular flexibility index (Phi) is 7.24. The van der Waals surface area contributed by atoms with E-state index in [0.29, 0.717) is 24.9 Å². The van der Waals surface area contributed by atoms with Gasteiger partial charge in [0, 0.05) is 24.4 Å². The van der Waals surface area contributed by atoms with E-state index in [2.05, 4.69) is 12.2 Å². The van der Waals surface area contributed by atoms with Gasteiger partial charge in [0.2, 0.25) is 17.7 Å². The highest BCUT2D eigenvalue weighted by molar-refractivity contribution is 6.05. The zero-order chi connectivity index (χ0) is 21.7. The molecular weight excluding hydrogens is 382 g/mol. The van der Waals surface area contributed by atoms with Crippen LogP contribution in [0.15, 0.2) is 18.2 Å². The lowest BCUT2D eigenvalue weighted by Crippen LogP contribution is -2.52. The molecule has 0 spiro atoms. The van der Waals surface area contributed by atoms with E-state index in [1.807, 2.05) is 12.1 Å². The molecule has 2 unspecified atom stereocenters. The number of piperidine rings is 1. The quantitative estimate of drug-likeness (QED) is 0.453. The van der Waals surface area contributed by atoms with Gasteiger partial charge < -0.3 is 10.6 Å². The highest BCUT2D eigenvalue weighted by Crippen LogP contribution is 2.29. The van der Waals surface area contributed by atoms with Crippen molar-refractivity contribution in [3.05, 3.63) is 34.9 Å². The van der Waals surface area contributed by atoms with Crippen molar-refractivity contribution in [1.29, 1.82) is 0 Å². The number of hydrogen-bond donors (Lipinski definition) is 2. The number of fused-ring (bicyclic) bond motifs is 1. The average molecular weight is 414 g/mol. The monoisotopic (exact) mass is 413 g/mol. The molecular formula is C23H31N3O4. The summed E-state index contributed by atoms with van der Waals surface area (Å²) in [4.78, 5) is 49.8. The zero-order valence-electron chi connectivity index (χ0n) is 17.6.